The molecule has 1 atom stereocenters. The van der Waals surface area contributed by atoms with E-state index in [0.29, 0.717) is 22.4 Å². The summed E-state index contributed by atoms with van der Waals surface area (Å²) in [5, 5.41) is 0. The highest BCUT2D eigenvalue weighted by atomic mass is 16.6. The summed E-state index contributed by atoms with van der Waals surface area (Å²) in [5.74, 6) is -2.07. The van der Waals surface area contributed by atoms with Gasteiger partial charge in [-0.2, -0.15) is 0 Å². The van der Waals surface area contributed by atoms with Crippen molar-refractivity contribution in [1.29, 1.82) is 0 Å². The van der Waals surface area contributed by atoms with Gasteiger partial charge in [-0.15, -0.1) is 0 Å². The molecule has 0 aromatic heterocycles. The third-order valence-electron chi connectivity index (χ3n) is 4.73. The van der Waals surface area contributed by atoms with Crippen LogP contribution in [0.2, 0.25) is 0 Å². The lowest BCUT2D eigenvalue weighted by molar-refractivity contribution is -0.137. The number of rotatable bonds is 12. The quantitative estimate of drug-likeness (QED) is 0.174. The van der Waals surface area contributed by atoms with Gasteiger partial charge in [-0.05, 0) is 24.0 Å². The molecule has 0 bridgehead atoms. The third kappa shape index (κ3) is 9.64. The maximum Gasteiger partial charge on any atom is 0.420 e. The molecule has 11 heteroatoms. The first-order valence-corrected chi connectivity index (χ1v) is 10.8. The number of carbonyl (C=O) groups is 4. The van der Waals surface area contributed by atoms with E-state index in [0.717, 1.165) is 0 Å². The second-order valence-corrected chi connectivity index (χ2v) is 7.51. The number of ether oxygens (including phenoxy) is 2. The predicted octanol–water partition coefficient (Wildman–Crippen LogP) is 1.48. The van der Waals surface area contributed by atoms with Gasteiger partial charge in [-0.25, -0.2) is 14.5 Å². The molecule has 35 heavy (non-hydrogen) atoms. The van der Waals surface area contributed by atoms with Crippen molar-refractivity contribution >= 4 is 29.7 Å². The maximum atomic E-state index is 12.6. The molecule has 186 valence electrons. The fraction of sp³-hybridized carbons (Fsp3) is 0.292. The summed E-state index contributed by atoms with van der Waals surface area (Å²) in [5.41, 5.74) is 17.6. The van der Waals surface area contributed by atoms with Crippen molar-refractivity contribution in [3.8, 4) is 0 Å². The maximum absolute atomic E-state index is 12.6. The summed E-state index contributed by atoms with van der Waals surface area (Å²) in [6.45, 7) is -0.925. The minimum atomic E-state index is -1.14. The standard InChI is InChI=1S/C24H29N5O6/c25-19(12-7-13-28-22(26)27)21(31)20(30)14-29(23(32)34-15-17-8-3-1-4-9-17)24(33)35-16-18-10-5-2-6-11-18/h1-6,8-11,19H,7,12-16,25H2,(H4,26,27,28)/t19-/m0/s1. The van der Waals surface area contributed by atoms with Crippen LogP contribution in [-0.2, 0) is 32.3 Å². The van der Waals surface area contributed by atoms with Crippen molar-refractivity contribution in [3.05, 3.63) is 71.8 Å². The smallest absolute Gasteiger partial charge is 0.420 e. The summed E-state index contributed by atoms with van der Waals surface area (Å²) >= 11 is 0. The van der Waals surface area contributed by atoms with Gasteiger partial charge in [-0.3, -0.25) is 14.6 Å². The van der Waals surface area contributed by atoms with Crippen LogP contribution in [0.5, 0.6) is 0 Å². The van der Waals surface area contributed by atoms with Crippen molar-refractivity contribution in [2.75, 3.05) is 13.1 Å². The van der Waals surface area contributed by atoms with E-state index in [9.17, 15) is 19.2 Å². The monoisotopic (exact) mass is 483 g/mol. The molecule has 11 nitrogen and oxygen atoms in total. The Balaban J connectivity index is 2.02. The molecule has 2 aromatic carbocycles. The van der Waals surface area contributed by atoms with Gasteiger partial charge >= 0.3 is 12.2 Å². The number of hydrogen-bond acceptors (Lipinski definition) is 8. The van der Waals surface area contributed by atoms with Crippen LogP contribution in [0.3, 0.4) is 0 Å². The Bertz CT molecular complexity index is 970. The number of ketones is 2. The van der Waals surface area contributed by atoms with Gasteiger partial charge in [0.05, 0.1) is 6.04 Å². The number of nitrogens with two attached hydrogens (primary N) is 3. The van der Waals surface area contributed by atoms with E-state index in [1.165, 1.54) is 0 Å². The van der Waals surface area contributed by atoms with Crippen molar-refractivity contribution in [3.63, 3.8) is 0 Å². The molecule has 0 spiro atoms. The highest BCUT2D eigenvalue weighted by Crippen LogP contribution is 2.08. The minimum absolute atomic E-state index is 0.0975. The molecule has 0 aliphatic carbocycles. The Hall–Kier alpha value is -4.25. The molecular formula is C24H29N5O6. The van der Waals surface area contributed by atoms with Gasteiger partial charge in [0.15, 0.2) is 5.96 Å². The van der Waals surface area contributed by atoms with E-state index in [4.69, 9.17) is 26.7 Å². The molecule has 2 aromatic rings. The first-order valence-electron chi connectivity index (χ1n) is 10.8. The summed E-state index contributed by atoms with van der Waals surface area (Å²) in [6.07, 6.45) is -1.76. The van der Waals surface area contributed by atoms with Crippen LogP contribution in [0, 0.1) is 0 Å². The van der Waals surface area contributed by atoms with Gasteiger partial charge in [0.25, 0.3) is 0 Å². The zero-order chi connectivity index (χ0) is 25.6. The first-order chi connectivity index (χ1) is 16.8. The lowest BCUT2D eigenvalue weighted by atomic mass is 10.0. The highest BCUT2D eigenvalue weighted by Gasteiger charge is 2.31. The van der Waals surface area contributed by atoms with Crippen LogP contribution in [0.15, 0.2) is 65.7 Å². The zero-order valence-corrected chi connectivity index (χ0v) is 19.2. The average molecular weight is 484 g/mol. The van der Waals surface area contributed by atoms with Crippen LogP contribution in [0.4, 0.5) is 9.59 Å². The molecule has 0 radical (unpaired) electrons. The summed E-state index contributed by atoms with van der Waals surface area (Å²) in [4.78, 5) is 54.5. The molecular weight excluding hydrogens is 454 g/mol. The van der Waals surface area contributed by atoms with Crippen LogP contribution in [0.1, 0.15) is 24.0 Å². The van der Waals surface area contributed by atoms with E-state index in [1.807, 2.05) is 0 Å². The van der Waals surface area contributed by atoms with Gasteiger partial charge in [-0.1, -0.05) is 60.7 Å². The summed E-state index contributed by atoms with van der Waals surface area (Å²) in [7, 11) is 0. The molecule has 6 N–H and O–H groups in total. The van der Waals surface area contributed by atoms with E-state index in [2.05, 4.69) is 4.99 Å². The highest BCUT2D eigenvalue weighted by molar-refractivity contribution is 6.40. The lowest BCUT2D eigenvalue weighted by Crippen LogP contribution is -2.46. The number of Topliss-reactive ketones (excluding diaryl/α,β-unsaturated/α-hetero) is 2. The normalized spacial score (nSPS) is 11.1. The number of hydrogen-bond donors (Lipinski definition) is 3. The van der Waals surface area contributed by atoms with E-state index < -0.39 is 36.3 Å². The molecule has 2 amide bonds. The van der Waals surface area contributed by atoms with Gasteiger partial charge in [0, 0.05) is 6.54 Å². The topological polar surface area (TPSA) is 180 Å². The van der Waals surface area contributed by atoms with Crippen LogP contribution >= 0.6 is 0 Å². The Labute approximate surface area is 202 Å². The van der Waals surface area contributed by atoms with E-state index >= 15 is 0 Å². The summed E-state index contributed by atoms with van der Waals surface area (Å²) < 4.78 is 10.3. The first kappa shape index (κ1) is 27.0. The molecule has 0 aliphatic rings. The second-order valence-electron chi connectivity index (χ2n) is 7.51. The second kappa shape index (κ2) is 14.1. The molecule has 0 saturated carbocycles. The van der Waals surface area contributed by atoms with Crippen LogP contribution in [0.25, 0.3) is 0 Å². The molecule has 0 saturated heterocycles. The number of carbonyl (C=O) groups excluding carboxylic acids is 4. The molecule has 0 aliphatic heterocycles. The van der Waals surface area contributed by atoms with Gasteiger partial charge in [0.1, 0.15) is 19.8 Å². The predicted molar refractivity (Wildman–Crippen MR) is 128 cm³/mol. The number of amides is 2. The van der Waals surface area contributed by atoms with Gasteiger partial charge in [0.2, 0.25) is 11.6 Å². The number of benzene rings is 2. The SMILES string of the molecule is NC(N)=NCCC[C@H](N)C(=O)C(=O)CN(C(=O)OCc1ccccc1)C(=O)OCc1ccccc1. The van der Waals surface area contributed by atoms with Crippen molar-refractivity contribution in [2.45, 2.75) is 32.1 Å². The zero-order valence-electron chi connectivity index (χ0n) is 19.2. The molecule has 0 heterocycles. The Kier molecular flexibility index (Phi) is 10.9. The summed E-state index contributed by atoms with van der Waals surface area (Å²) in [6, 6.07) is 16.4. The minimum Gasteiger partial charge on any atom is -0.444 e. The molecule has 0 fully saturated rings. The largest absolute Gasteiger partial charge is 0.444 e. The number of nitrogens with zero attached hydrogens (tertiary/aromatic N) is 2. The van der Waals surface area contributed by atoms with E-state index in [-0.39, 0.29) is 32.1 Å². The fourth-order valence-corrected chi connectivity index (χ4v) is 2.88. The van der Waals surface area contributed by atoms with Crippen molar-refractivity contribution < 1.29 is 28.7 Å². The van der Waals surface area contributed by atoms with Crippen LogP contribution in [-0.4, -0.2) is 53.7 Å². The van der Waals surface area contributed by atoms with E-state index in [1.54, 1.807) is 60.7 Å². The van der Waals surface area contributed by atoms with Crippen molar-refractivity contribution in [1.82, 2.24) is 4.90 Å². The third-order valence-corrected chi connectivity index (χ3v) is 4.73. The number of guanidine groups is 1. The molecule has 0 unspecified atom stereocenters. The number of imide groups is 1. The fourth-order valence-electron chi connectivity index (χ4n) is 2.88. The van der Waals surface area contributed by atoms with Gasteiger partial charge < -0.3 is 26.7 Å². The molecule has 2 rings (SSSR count). The van der Waals surface area contributed by atoms with Crippen molar-refractivity contribution in [2.24, 2.45) is 22.2 Å². The Morgan fingerprint density at radius 3 is 1.77 bits per heavy atom. The Morgan fingerprint density at radius 1 is 0.829 bits per heavy atom. The number of aliphatic imine (C=N–C) groups is 1. The van der Waals surface area contributed by atoms with Crippen LogP contribution < -0.4 is 17.2 Å². The Morgan fingerprint density at radius 2 is 1.31 bits per heavy atom. The average Bonchev–Trinajstić information content (AvgIpc) is 2.87. The lowest BCUT2D eigenvalue weighted by Gasteiger charge is -2.20.